The first kappa shape index (κ1) is 13.4. The van der Waals surface area contributed by atoms with Crippen molar-refractivity contribution in [2.75, 3.05) is 18.0 Å². The fraction of sp³-hybridized carbons (Fsp3) is 0.267. The summed E-state index contributed by atoms with van der Waals surface area (Å²) in [5, 5.41) is 0. The maximum absolute atomic E-state index is 12.6. The molecule has 0 saturated carbocycles. The van der Waals surface area contributed by atoms with Crippen molar-refractivity contribution in [3.05, 3.63) is 52.4 Å². The Labute approximate surface area is 125 Å². The minimum Gasteiger partial charge on any atom is -0.444 e. The molecule has 1 atom stereocenters. The van der Waals surface area contributed by atoms with Crippen LogP contribution in [0, 0.1) is 0 Å². The van der Waals surface area contributed by atoms with Gasteiger partial charge in [-0.3, -0.25) is 4.79 Å². The van der Waals surface area contributed by atoms with Gasteiger partial charge in [0.15, 0.2) is 10.4 Å². The van der Waals surface area contributed by atoms with Crippen LogP contribution in [0.3, 0.4) is 0 Å². The molecule has 4 nitrogen and oxygen atoms in total. The van der Waals surface area contributed by atoms with E-state index in [-0.39, 0.29) is 5.91 Å². The SMILES string of the molecule is NCCC1CN(C(=O)c2ccc(Br)o2)c2ccccc21. The third-order valence-corrected chi connectivity index (χ3v) is 4.04. The van der Waals surface area contributed by atoms with Crippen molar-refractivity contribution in [2.24, 2.45) is 5.73 Å². The lowest BCUT2D eigenvalue weighted by Crippen LogP contribution is -2.29. The van der Waals surface area contributed by atoms with E-state index < -0.39 is 0 Å². The summed E-state index contributed by atoms with van der Waals surface area (Å²) in [4.78, 5) is 14.3. The number of nitrogens with zero attached hydrogens (tertiary/aromatic N) is 1. The van der Waals surface area contributed by atoms with Gasteiger partial charge in [-0.15, -0.1) is 0 Å². The molecule has 0 fully saturated rings. The Balaban J connectivity index is 1.93. The number of rotatable bonds is 3. The smallest absolute Gasteiger partial charge is 0.294 e. The normalized spacial score (nSPS) is 17.3. The fourth-order valence-corrected chi connectivity index (χ4v) is 3.00. The van der Waals surface area contributed by atoms with Gasteiger partial charge in [0.25, 0.3) is 5.91 Å². The van der Waals surface area contributed by atoms with Crippen LogP contribution in [0.2, 0.25) is 0 Å². The molecule has 1 aliphatic rings. The maximum atomic E-state index is 12.6. The van der Waals surface area contributed by atoms with Gasteiger partial charge in [-0.1, -0.05) is 18.2 Å². The summed E-state index contributed by atoms with van der Waals surface area (Å²) in [6, 6.07) is 11.4. The van der Waals surface area contributed by atoms with Gasteiger partial charge < -0.3 is 15.1 Å². The van der Waals surface area contributed by atoms with E-state index in [1.54, 1.807) is 17.0 Å². The highest BCUT2D eigenvalue weighted by Gasteiger charge is 2.33. The van der Waals surface area contributed by atoms with Gasteiger partial charge in [-0.05, 0) is 52.7 Å². The summed E-state index contributed by atoms with van der Waals surface area (Å²) in [5.41, 5.74) is 7.83. The molecule has 20 heavy (non-hydrogen) atoms. The standard InChI is InChI=1S/C15H15BrN2O2/c16-14-6-5-13(20-14)15(19)18-9-10(7-8-17)11-3-1-2-4-12(11)18/h1-6,10H,7-9,17H2. The molecule has 0 saturated heterocycles. The number of halogens is 1. The molecule has 104 valence electrons. The lowest BCUT2D eigenvalue weighted by atomic mass is 9.98. The number of nitrogens with two attached hydrogens (primary N) is 1. The minimum atomic E-state index is -0.109. The highest BCUT2D eigenvalue weighted by atomic mass is 79.9. The maximum Gasteiger partial charge on any atom is 0.294 e. The first-order valence-electron chi connectivity index (χ1n) is 6.57. The number of anilines is 1. The Morgan fingerprint density at radius 1 is 1.35 bits per heavy atom. The average Bonchev–Trinajstić information content (AvgIpc) is 3.04. The van der Waals surface area contributed by atoms with Crippen molar-refractivity contribution in [1.82, 2.24) is 0 Å². The number of furan rings is 1. The van der Waals surface area contributed by atoms with Crippen LogP contribution in [-0.2, 0) is 0 Å². The van der Waals surface area contributed by atoms with Crippen LogP contribution in [0.25, 0.3) is 0 Å². The number of hydrogen-bond donors (Lipinski definition) is 1. The molecule has 2 heterocycles. The fourth-order valence-electron chi connectivity index (χ4n) is 2.70. The van der Waals surface area contributed by atoms with Gasteiger partial charge >= 0.3 is 0 Å². The predicted molar refractivity (Wildman–Crippen MR) is 80.9 cm³/mol. The number of amides is 1. The van der Waals surface area contributed by atoms with Crippen LogP contribution in [-0.4, -0.2) is 19.0 Å². The van der Waals surface area contributed by atoms with E-state index in [0.717, 1.165) is 12.1 Å². The van der Waals surface area contributed by atoms with Gasteiger partial charge in [0.1, 0.15) is 0 Å². The molecular formula is C15H15BrN2O2. The van der Waals surface area contributed by atoms with E-state index in [9.17, 15) is 4.79 Å². The number of hydrogen-bond acceptors (Lipinski definition) is 3. The summed E-state index contributed by atoms with van der Waals surface area (Å²) in [7, 11) is 0. The second-order valence-electron chi connectivity index (χ2n) is 4.85. The molecule has 1 aromatic carbocycles. The van der Waals surface area contributed by atoms with E-state index in [0.29, 0.717) is 29.4 Å². The molecule has 0 spiro atoms. The predicted octanol–water partition coefficient (Wildman–Crippen LogP) is 3.13. The van der Waals surface area contributed by atoms with Gasteiger partial charge in [0, 0.05) is 18.2 Å². The first-order valence-corrected chi connectivity index (χ1v) is 7.36. The van der Waals surface area contributed by atoms with Crippen LogP contribution in [0.1, 0.15) is 28.5 Å². The molecule has 1 unspecified atom stereocenters. The molecule has 0 bridgehead atoms. The Morgan fingerprint density at radius 3 is 2.85 bits per heavy atom. The third-order valence-electron chi connectivity index (χ3n) is 3.61. The second kappa shape index (κ2) is 5.42. The van der Waals surface area contributed by atoms with Crippen molar-refractivity contribution in [1.29, 1.82) is 0 Å². The lowest BCUT2D eigenvalue weighted by molar-refractivity contribution is 0.0960. The summed E-state index contributed by atoms with van der Waals surface area (Å²) in [6.07, 6.45) is 0.878. The van der Waals surface area contributed by atoms with Gasteiger partial charge in [0.05, 0.1) is 0 Å². The van der Waals surface area contributed by atoms with E-state index in [1.807, 2.05) is 18.2 Å². The number of carbonyl (C=O) groups excluding carboxylic acids is 1. The number of para-hydroxylation sites is 1. The summed E-state index contributed by atoms with van der Waals surface area (Å²) < 4.78 is 5.93. The van der Waals surface area contributed by atoms with Gasteiger partial charge in [-0.2, -0.15) is 0 Å². The van der Waals surface area contributed by atoms with Crippen LogP contribution in [0.5, 0.6) is 0 Å². The zero-order chi connectivity index (χ0) is 14.1. The highest BCUT2D eigenvalue weighted by Crippen LogP contribution is 2.38. The van der Waals surface area contributed by atoms with E-state index in [4.69, 9.17) is 10.2 Å². The monoisotopic (exact) mass is 334 g/mol. The largest absolute Gasteiger partial charge is 0.444 e. The van der Waals surface area contributed by atoms with Gasteiger partial charge in [-0.25, -0.2) is 0 Å². The van der Waals surface area contributed by atoms with Crippen LogP contribution in [0.4, 0.5) is 5.69 Å². The molecule has 0 radical (unpaired) electrons. The van der Waals surface area contributed by atoms with Crippen molar-refractivity contribution in [3.63, 3.8) is 0 Å². The molecule has 2 aromatic rings. The Morgan fingerprint density at radius 2 is 2.15 bits per heavy atom. The second-order valence-corrected chi connectivity index (χ2v) is 5.63. The van der Waals surface area contributed by atoms with Crippen LogP contribution in [0.15, 0.2) is 45.5 Å². The van der Waals surface area contributed by atoms with Crippen molar-refractivity contribution < 1.29 is 9.21 Å². The molecular weight excluding hydrogens is 320 g/mol. The van der Waals surface area contributed by atoms with Crippen molar-refractivity contribution in [3.8, 4) is 0 Å². The van der Waals surface area contributed by atoms with Crippen molar-refractivity contribution in [2.45, 2.75) is 12.3 Å². The average molecular weight is 335 g/mol. The summed E-state index contributed by atoms with van der Waals surface area (Å²) in [6.45, 7) is 1.28. The quantitative estimate of drug-likeness (QED) is 0.937. The molecule has 1 amide bonds. The molecule has 0 aliphatic carbocycles. The summed E-state index contributed by atoms with van der Waals surface area (Å²) in [5.74, 6) is 0.543. The number of fused-ring (bicyclic) bond motifs is 1. The Kier molecular flexibility index (Phi) is 3.63. The lowest BCUT2D eigenvalue weighted by Gasteiger charge is -2.16. The molecule has 5 heteroatoms. The molecule has 1 aliphatic heterocycles. The zero-order valence-corrected chi connectivity index (χ0v) is 12.5. The van der Waals surface area contributed by atoms with Gasteiger partial charge in [0.2, 0.25) is 0 Å². The van der Waals surface area contributed by atoms with E-state index in [2.05, 4.69) is 22.0 Å². The third kappa shape index (κ3) is 2.27. The summed E-state index contributed by atoms with van der Waals surface area (Å²) >= 11 is 3.22. The number of carbonyl (C=O) groups is 1. The molecule has 3 rings (SSSR count). The first-order chi connectivity index (χ1) is 9.70. The van der Waals surface area contributed by atoms with Crippen LogP contribution < -0.4 is 10.6 Å². The Bertz CT molecular complexity index is 638. The Hall–Kier alpha value is -1.59. The zero-order valence-electron chi connectivity index (χ0n) is 10.9. The number of benzene rings is 1. The molecule has 1 aromatic heterocycles. The topological polar surface area (TPSA) is 59.5 Å². The van der Waals surface area contributed by atoms with E-state index in [1.165, 1.54) is 5.56 Å². The molecule has 2 N–H and O–H groups in total. The van der Waals surface area contributed by atoms with E-state index >= 15 is 0 Å². The highest BCUT2D eigenvalue weighted by molar-refractivity contribution is 9.10. The minimum absolute atomic E-state index is 0.109. The van der Waals surface area contributed by atoms with Crippen LogP contribution >= 0.6 is 15.9 Å². The van der Waals surface area contributed by atoms with Crippen molar-refractivity contribution >= 4 is 27.5 Å².